The number of hydrogen-bond acceptors (Lipinski definition) is 1. The molecule has 0 aliphatic rings. The van der Waals surface area contributed by atoms with Gasteiger partial charge in [0.25, 0.3) is 0 Å². The highest BCUT2D eigenvalue weighted by Gasteiger charge is 2.17. The highest BCUT2D eigenvalue weighted by atomic mass is 16.4. The Hall–Kier alpha value is -2.55. The van der Waals surface area contributed by atoms with Crippen LogP contribution in [0, 0.1) is 13.8 Å². The average molecular weight is 321 g/mol. The predicted molar refractivity (Wildman–Crippen MR) is 98.6 cm³/mol. The van der Waals surface area contributed by atoms with E-state index in [1.165, 1.54) is 11.1 Å². The van der Waals surface area contributed by atoms with Gasteiger partial charge in [0.2, 0.25) is 0 Å². The minimum absolute atomic E-state index is 0.0190. The van der Waals surface area contributed by atoms with E-state index < -0.39 is 5.97 Å². The van der Waals surface area contributed by atoms with Crippen LogP contribution in [0.4, 0.5) is 0 Å². The van der Waals surface area contributed by atoms with Crippen LogP contribution in [0.15, 0.2) is 36.4 Å². The zero-order valence-corrected chi connectivity index (χ0v) is 14.6. The first-order valence-corrected chi connectivity index (χ1v) is 8.30. The van der Waals surface area contributed by atoms with Crippen molar-refractivity contribution in [3.8, 4) is 11.3 Å². The fourth-order valence-electron chi connectivity index (χ4n) is 3.41. The lowest BCUT2D eigenvalue weighted by molar-refractivity contribution is -0.136. The van der Waals surface area contributed by atoms with Gasteiger partial charge in [0, 0.05) is 10.9 Å². The van der Waals surface area contributed by atoms with Gasteiger partial charge in [0.1, 0.15) is 0 Å². The summed E-state index contributed by atoms with van der Waals surface area (Å²) >= 11 is 0. The molecule has 3 nitrogen and oxygen atoms in total. The molecular weight excluding hydrogens is 298 g/mol. The molecule has 3 rings (SSSR count). The van der Waals surface area contributed by atoms with Gasteiger partial charge >= 0.3 is 5.97 Å². The Morgan fingerprint density at radius 2 is 1.79 bits per heavy atom. The number of fused-ring (bicyclic) bond motifs is 1. The molecule has 0 aliphatic heterocycles. The van der Waals surface area contributed by atoms with E-state index in [1.54, 1.807) is 0 Å². The maximum Gasteiger partial charge on any atom is 0.307 e. The largest absolute Gasteiger partial charge is 0.481 e. The number of aryl methyl sites for hydroxylation is 2. The molecule has 0 amide bonds. The van der Waals surface area contributed by atoms with E-state index in [4.69, 9.17) is 0 Å². The molecule has 24 heavy (non-hydrogen) atoms. The van der Waals surface area contributed by atoms with E-state index >= 15 is 0 Å². The summed E-state index contributed by atoms with van der Waals surface area (Å²) in [5.41, 5.74) is 7.38. The highest BCUT2D eigenvalue weighted by Crippen LogP contribution is 2.34. The van der Waals surface area contributed by atoms with Crippen LogP contribution < -0.4 is 0 Å². The number of carbonyl (C=O) groups is 1. The summed E-state index contributed by atoms with van der Waals surface area (Å²) in [7, 11) is 0. The standard InChI is InChI=1S/C21H23NO2/c1-12(2)15-5-7-16(8-6-15)21-17(11-19(23)24)20-14(4)9-13(3)10-18(20)22-21/h5-10,12,22H,11H2,1-4H3,(H,23,24). The summed E-state index contributed by atoms with van der Waals surface area (Å²) < 4.78 is 0. The molecule has 0 unspecified atom stereocenters. The number of nitrogens with one attached hydrogen (secondary N) is 1. The quantitative estimate of drug-likeness (QED) is 0.693. The number of aromatic nitrogens is 1. The van der Waals surface area contributed by atoms with Gasteiger partial charge in [0.15, 0.2) is 0 Å². The maximum absolute atomic E-state index is 11.4. The average Bonchev–Trinajstić information content (AvgIpc) is 2.85. The number of carboxylic acid groups (broad SMARTS) is 1. The molecule has 0 fully saturated rings. The van der Waals surface area contributed by atoms with Gasteiger partial charge in [0.05, 0.1) is 12.1 Å². The van der Waals surface area contributed by atoms with Gasteiger partial charge < -0.3 is 10.1 Å². The Balaban J connectivity index is 2.22. The third-order valence-corrected chi connectivity index (χ3v) is 4.54. The summed E-state index contributed by atoms with van der Waals surface area (Å²) in [4.78, 5) is 14.9. The third-order valence-electron chi connectivity index (χ3n) is 4.54. The van der Waals surface area contributed by atoms with Crippen LogP contribution in [-0.2, 0) is 11.2 Å². The van der Waals surface area contributed by atoms with Crippen molar-refractivity contribution in [2.75, 3.05) is 0 Å². The lowest BCUT2D eigenvalue weighted by Crippen LogP contribution is -2.01. The number of carboxylic acids is 1. The summed E-state index contributed by atoms with van der Waals surface area (Å²) in [5.74, 6) is -0.332. The smallest absolute Gasteiger partial charge is 0.307 e. The molecule has 3 aromatic rings. The van der Waals surface area contributed by atoms with Crippen molar-refractivity contribution in [2.24, 2.45) is 0 Å². The Morgan fingerprint density at radius 3 is 2.38 bits per heavy atom. The molecule has 0 radical (unpaired) electrons. The molecule has 0 spiro atoms. The fraction of sp³-hybridized carbons (Fsp3) is 0.286. The van der Waals surface area contributed by atoms with E-state index in [0.717, 1.165) is 33.3 Å². The first kappa shape index (κ1) is 16.3. The van der Waals surface area contributed by atoms with E-state index in [1.807, 2.05) is 6.92 Å². The number of aliphatic carboxylic acids is 1. The van der Waals surface area contributed by atoms with Crippen molar-refractivity contribution in [1.29, 1.82) is 0 Å². The minimum Gasteiger partial charge on any atom is -0.481 e. The van der Waals surface area contributed by atoms with Gasteiger partial charge in [-0.3, -0.25) is 4.79 Å². The first-order chi connectivity index (χ1) is 11.4. The maximum atomic E-state index is 11.4. The second-order valence-electron chi connectivity index (χ2n) is 6.83. The molecule has 2 aromatic carbocycles. The molecule has 0 saturated heterocycles. The predicted octanol–water partition coefficient (Wildman–Crippen LogP) is 5.20. The number of hydrogen-bond donors (Lipinski definition) is 2. The SMILES string of the molecule is Cc1cc(C)c2c(CC(=O)O)c(-c3ccc(C(C)C)cc3)[nH]c2c1. The zero-order valence-electron chi connectivity index (χ0n) is 14.6. The van der Waals surface area contributed by atoms with Crippen molar-refractivity contribution in [3.05, 3.63) is 58.7 Å². The molecule has 2 N–H and O–H groups in total. The van der Waals surface area contributed by atoms with Gasteiger partial charge in [-0.25, -0.2) is 0 Å². The van der Waals surface area contributed by atoms with Crippen molar-refractivity contribution in [2.45, 2.75) is 40.0 Å². The van der Waals surface area contributed by atoms with Crippen LogP contribution in [0.1, 0.15) is 42.0 Å². The highest BCUT2D eigenvalue weighted by molar-refractivity contribution is 5.96. The number of aromatic amines is 1. The molecule has 0 bridgehead atoms. The Kier molecular flexibility index (Phi) is 4.18. The summed E-state index contributed by atoms with van der Waals surface area (Å²) in [6.45, 7) is 8.43. The zero-order chi connectivity index (χ0) is 17.4. The Labute approximate surface area is 142 Å². The second-order valence-corrected chi connectivity index (χ2v) is 6.83. The molecule has 1 aromatic heterocycles. The first-order valence-electron chi connectivity index (χ1n) is 8.30. The molecular formula is C21H23NO2. The Bertz CT molecular complexity index is 902. The molecule has 124 valence electrons. The van der Waals surface area contributed by atoms with E-state index in [2.05, 4.69) is 62.2 Å². The monoisotopic (exact) mass is 321 g/mol. The van der Waals surface area contributed by atoms with Crippen molar-refractivity contribution >= 4 is 16.9 Å². The fourth-order valence-corrected chi connectivity index (χ4v) is 3.41. The van der Waals surface area contributed by atoms with Gasteiger partial charge in [-0.2, -0.15) is 0 Å². The van der Waals surface area contributed by atoms with Crippen molar-refractivity contribution in [1.82, 2.24) is 4.98 Å². The number of benzene rings is 2. The second kappa shape index (κ2) is 6.16. The van der Waals surface area contributed by atoms with Crippen LogP contribution in [0.25, 0.3) is 22.2 Å². The van der Waals surface area contributed by atoms with Crippen LogP contribution >= 0.6 is 0 Å². The normalized spacial score (nSPS) is 11.4. The van der Waals surface area contributed by atoms with Gasteiger partial charge in [-0.05, 0) is 53.6 Å². The van der Waals surface area contributed by atoms with Crippen LogP contribution in [-0.4, -0.2) is 16.1 Å². The van der Waals surface area contributed by atoms with Crippen LogP contribution in [0.3, 0.4) is 0 Å². The van der Waals surface area contributed by atoms with Crippen LogP contribution in [0.2, 0.25) is 0 Å². The molecule has 0 saturated carbocycles. The van der Waals surface area contributed by atoms with Gasteiger partial charge in [-0.15, -0.1) is 0 Å². The molecule has 0 atom stereocenters. The van der Waals surface area contributed by atoms with Crippen molar-refractivity contribution < 1.29 is 9.90 Å². The van der Waals surface area contributed by atoms with E-state index in [9.17, 15) is 9.90 Å². The summed E-state index contributed by atoms with van der Waals surface area (Å²) in [6, 6.07) is 12.6. The topological polar surface area (TPSA) is 53.1 Å². The lowest BCUT2D eigenvalue weighted by Gasteiger charge is -2.08. The summed E-state index contributed by atoms with van der Waals surface area (Å²) in [6.07, 6.45) is 0.0190. The number of H-pyrrole nitrogens is 1. The molecule has 1 heterocycles. The minimum atomic E-state index is -0.809. The Morgan fingerprint density at radius 1 is 1.12 bits per heavy atom. The number of rotatable bonds is 4. The van der Waals surface area contributed by atoms with E-state index in [0.29, 0.717) is 5.92 Å². The third kappa shape index (κ3) is 2.94. The van der Waals surface area contributed by atoms with Gasteiger partial charge in [-0.1, -0.05) is 44.2 Å². The summed E-state index contributed by atoms with van der Waals surface area (Å²) in [5, 5.41) is 10.4. The van der Waals surface area contributed by atoms with E-state index in [-0.39, 0.29) is 6.42 Å². The molecule has 3 heteroatoms. The molecule has 0 aliphatic carbocycles. The lowest BCUT2D eigenvalue weighted by atomic mass is 9.97. The van der Waals surface area contributed by atoms with Crippen molar-refractivity contribution in [3.63, 3.8) is 0 Å². The van der Waals surface area contributed by atoms with Crippen LogP contribution in [0.5, 0.6) is 0 Å².